The van der Waals surface area contributed by atoms with Gasteiger partial charge in [0, 0.05) is 0 Å². The second-order valence-corrected chi connectivity index (χ2v) is 2.68. The van der Waals surface area contributed by atoms with E-state index in [0.717, 1.165) is 0 Å². The molecule has 0 saturated carbocycles. The average Bonchev–Trinajstić information content (AvgIpc) is 2.26. The molecule has 6 nitrogen and oxygen atoms in total. The maximum atomic E-state index is 10.3. The zero-order valence-electron chi connectivity index (χ0n) is 7.88. The van der Waals surface area contributed by atoms with Crippen LogP contribution in [-0.2, 0) is 0 Å². The van der Waals surface area contributed by atoms with E-state index in [4.69, 9.17) is 5.73 Å². The Morgan fingerprint density at radius 1 is 1.47 bits per heavy atom. The largest absolute Gasteiger partial charge is 0.377 e. The number of nitro groups is 1. The highest BCUT2D eigenvalue weighted by atomic mass is 16.6. The van der Waals surface area contributed by atoms with Gasteiger partial charge in [0.15, 0.2) is 0 Å². The van der Waals surface area contributed by atoms with Gasteiger partial charge in [-0.25, -0.2) is 0 Å². The van der Waals surface area contributed by atoms with Crippen molar-refractivity contribution in [3.8, 4) is 0 Å². The van der Waals surface area contributed by atoms with E-state index in [1.54, 1.807) is 24.3 Å². The van der Waals surface area contributed by atoms with E-state index >= 15 is 0 Å². The SMILES string of the molecule is C=C(/C(N)=N\Nc1ccccc1)[N+](=O)[O-]. The van der Waals surface area contributed by atoms with Crippen LogP contribution in [0.2, 0.25) is 0 Å². The Morgan fingerprint density at radius 3 is 2.60 bits per heavy atom. The molecule has 1 rings (SSSR count). The number of hydrogen-bond acceptors (Lipinski definition) is 4. The molecule has 0 heterocycles. The molecule has 3 N–H and O–H groups in total. The van der Waals surface area contributed by atoms with Crippen LogP contribution in [0.1, 0.15) is 0 Å². The molecule has 0 bridgehead atoms. The van der Waals surface area contributed by atoms with Crippen LogP contribution in [0.3, 0.4) is 0 Å². The van der Waals surface area contributed by atoms with E-state index in [9.17, 15) is 10.1 Å². The molecular formula is C9H10N4O2. The predicted octanol–water partition coefficient (Wildman–Crippen LogP) is 1.16. The van der Waals surface area contributed by atoms with E-state index in [1.165, 1.54) is 0 Å². The van der Waals surface area contributed by atoms with Gasteiger partial charge in [-0.15, -0.1) is 0 Å². The Bertz CT molecular complexity index is 400. The number of para-hydroxylation sites is 1. The van der Waals surface area contributed by atoms with E-state index in [0.29, 0.717) is 5.69 Å². The van der Waals surface area contributed by atoms with Gasteiger partial charge in [-0.3, -0.25) is 15.5 Å². The topological polar surface area (TPSA) is 93.5 Å². The minimum atomic E-state index is -0.689. The van der Waals surface area contributed by atoms with Crippen molar-refractivity contribution in [1.29, 1.82) is 0 Å². The molecule has 0 radical (unpaired) electrons. The zero-order chi connectivity index (χ0) is 11.3. The molecule has 6 heteroatoms. The normalized spacial score (nSPS) is 10.8. The third kappa shape index (κ3) is 3.11. The number of hydrazone groups is 1. The number of amidine groups is 1. The Balaban J connectivity index is 2.66. The number of nitrogens with one attached hydrogen (secondary N) is 1. The monoisotopic (exact) mass is 206 g/mol. The Labute approximate surface area is 86.2 Å². The van der Waals surface area contributed by atoms with Crippen LogP contribution < -0.4 is 11.2 Å². The van der Waals surface area contributed by atoms with E-state index in [1.807, 2.05) is 6.07 Å². The highest BCUT2D eigenvalue weighted by Crippen LogP contribution is 2.04. The lowest BCUT2D eigenvalue weighted by atomic mass is 10.3. The van der Waals surface area contributed by atoms with Crippen LogP contribution in [0.15, 0.2) is 47.7 Å². The summed E-state index contributed by atoms with van der Waals surface area (Å²) in [4.78, 5) is 9.58. The Morgan fingerprint density at radius 2 is 2.07 bits per heavy atom. The lowest BCUT2D eigenvalue weighted by Gasteiger charge is -2.00. The molecule has 15 heavy (non-hydrogen) atoms. The van der Waals surface area contributed by atoms with E-state index in [2.05, 4.69) is 17.1 Å². The molecule has 0 fully saturated rings. The predicted molar refractivity (Wildman–Crippen MR) is 57.8 cm³/mol. The lowest BCUT2D eigenvalue weighted by molar-refractivity contribution is -0.414. The molecule has 78 valence electrons. The van der Waals surface area contributed by atoms with Crippen LogP contribution >= 0.6 is 0 Å². The highest BCUT2D eigenvalue weighted by molar-refractivity contribution is 5.94. The Kier molecular flexibility index (Phi) is 3.39. The fourth-order valence-corrected chi connectivity index (χ4v) is 0.796. The standard InChI is InChI=1S/C9H10N4O2/c1-7(13(14)15)9(10)12-11-8-5-3-2-4-6-8/h2-6,11H,1H2,(H2,10,12). The van der Waals surface area contributed by atoms with Gasteiger partial charge in [0.05, 0.1) is 10.6 Å². The molecule has 0 atom stereocenters. The van der Waals surface area contributed by atoms with Gasteiger partial charge in [-0.1, -0.05) is 18.2 Å². The molecule has 0 unspecified atom stereocenters. The van der Waals surface area contributed by atoms with Gasteiger partial charge in [-0.05, 0) is 18.7 Å². The first-order chi connectivity index (χ1) is 7.11. The quantitative estimate of drug-likeness (QED) is 0.334. The number of nitrogens with zero attached hydrogens (tertiary/aromatic N) is 2. The first-order valence-corrected chi connectivity index (χ1v) is 4.09. The first kappa shape index (κ1) is 10.7. The number of nitrogens with two attached hydrogens (primary N) is 1. The smallest absolute Gasteiger partial charge is 0.305 e. The van der Waals surface area contributed by atoms with Gasteiger partial charge in [-0.2, -0.15) is 5.10 Å². The summed E-state index contributed by atoms with van der Waals surface area (Å²) >= 11 is 0. The van der Waals surface area contributed by atoms with Crippen LogP contribution in [0.5, 0.6) is 0 Å². The number of rotatable bonds is 4. The van der Waals surface area contributed by atoms with Gasteiger partial charge < -0.3 is 5.73 Å². The van der Waals surface area contributed by atoms with Crippen molar-refractivity contribution in [2.75, 3.05) is 5.43 Å². The van der Waals surface area contributed by atoms with E-state index in [-0.39, 0.29) is 5.84 Å². The van der Waals surface area contributed by atoms with Gasteiger partial charge in [0.25, 0.3) is 0 Å². The second kappa shape index (κ2) is 4.75. The molecular weight excluding hydrogens is 196 g/mol. The van der Waals surface area contributed by atoms with Crippen LogP contribution in [0.4, 0.5) is 5.69 Å². The molecule has 0 aliphatic rings. The summed E-state index contributed by atoms with van der Waals surface area (Å²) in [6.45, 7) is 3.17. The fourth-order valence-electron chi connectivity index (χ4n) is 0.796. The summed E-state index contributed by atoms with van der Waals surface area (Å²) in [6, 6.07) is 8.96. The fraction of sp³-hybridized carbons (Fsp3) is 0. The van der Waals surface area contributed by atoms with Gasteiger partial charge in [0.1, 0.15) is 0 Å². The molecule has 0 aliphatic carbocycles. The molecule has 0 aliphatic heterocycles. The molecule has 1 aromatic rings. The van der Waals surface area contributed by atoms with E-state index < -0.39 is 10.6 Å². The Hall–Kier alpha value is -2.37. The maximum Gasteiger partial charge on any atom is 0.305 e. The van der Waals surface area contributed by atoms with Crippen molar-refractivity contribution >= 4 is 11.5 Å². The number of benzene rings is 1. The van der Waals surface area contributed by atoms with Crippen LogP contribution in [-0.4, -0.2) is 10.8 Å². The third-order valence-corrected chi connectivity index (χ3v) is 1.60. The van der Waals surface area contributed by atoms with Crippen LogP contribution in [0, 0.1) is 10.1 Å². The zero-order valence-corrected chi connectivity index (χ0v) is 7.88. The summed E-state index contributed by atoms with van der Waals surface area (Å²) in [7, 11) is 0. The van der Waals surface area contributed by atoms with Gasteiger partial charge >= 0.3 is 5.70 Å². The summed E-state index contributed by atoms with van der Waals surface area (Å²) in [5.74, 6) is -0.246. The summed E-state index contributed by atoms with van der Waals surface area (Å²) in [5.41, 5.74) is 8.15. The maximum absolute atomic E-state index is 10.3. The molecule has 0 spiro atoms. The third-order valence-electron chi connectivity index (χ3n) is 1.60. The van der Waals surface area contributed by atoms with Crippen molar-refractivity contribution < 1.29 is 4.92 Å². The molecule has 1 aromatic carbocycles. The summed E-state index contributed by atoms with van der Waals surface area (Å²) in [5, 5.41) is 13.9. The lowest BCUT2D eigenvalue weighted by Crippen LogP contribution is -2.20. The van der Waals surface area contributed by atoms with Crippen molar-refractivity contribution in [3.05, 3.63) is 52.7 Å². The molecule has 0 aromatic heterocycles. The number of anilines is 1. The van der Waals surface area contributed by atoms with Crippen LogP contribution in [0.25, 0.3) is 0 Å². The summed E-state index contributed by atoms with van der Waals surface area (Å²) in [6.07, 6.45) is 0. The van der Waals surface area contributed by atoms with Crippen molar-refractivity contribution in [2.45, 2.75) is 0 Å². The average molecular weight is 206 g/mol. The minimum Gasteiger partial charge on any atom is -0.377 e. The first-order valence-electron chi connectivity index (χ1n) is 4.09. The number of hydrogen-bond donors (Lipinski definition) is 2. The highest BCUT2D eigenvalue weighted by Gasteiger charge is 2.11. The van der Waals surface area contributed by atoms with Crippen molar-refractivity contribution in [1.82, 2.24) is 0 Å². The van der Waals surface area contributed by atoms with Crippen molar-refractivity contribution in [3.63, 3.8) is 0 Å². The second-order valence-electron chi connectivity index (χ2n) is 2.68. The molecule has 0 amide bonds. The summed E-state index contributed by atoms with van der Waals surface area (Å²) < 4.78 is 0. The van der Waals surface area contributed by atoms with Gasteiger partial charge in [0.2, 0.25) is 5.84 Å². The minimum absolute atomic E-state index is 0.246. The molecule has 0 saturated heterocycles. The van der Waals surface area contributed by atoms with Crippen molar-refractivity contribution in [2.24, 2.45) is 10.8 Å².